The smallest absolute Gasteiger partial charge is 0.262 e. The van der Waals surface area contributed by atoms with Crippen molar-refractivity contribution in [2.45, 2.75) is 0 Å². The number of hydrogen-bond donors (Lipinski definition) is 1. The highest BCUT2D eigenvalue weighted by Crippen LogP contribution is 2.32. The van der Waals surface area contributed by atoms with Gasteiger partial charge < -0.3 is 24.4 Å². The van der Waals surface area contributed by atoms with E-state index < -0.39 is 0 Å². The summed E-state index contributed by atoms with van der Waals surface area (Å²) in [6.45, 7) is 2.25. The zero-order valence-corrected chi connectivity index (χ0v) is 19.6. The molecule has 2 heterocycles. The molecule has 0 saturated carbocycles. The number of morpholine rings is 1. The first-order chi connectivity index (χ1) is 17.2. The molecule has 0 bridgehead atoms. The molecule has 3 aromatic carbocycles. The molecular weight excluding hydrogens is 468 g/mol. The maximum Gasteiger partial charge on any atom is 0.262 e. The van der Waals surface area contributed by atoms with Crippen LogP contribution in [0.2, 0.25) is 5.02 Å². The predicted octanol–water partition coefficient (Wildman–Crippen LogP) is 4.93. The van der Waals surface area contributed by atoms with Crippen LogP contribution >= 0.6 is 11.6 Å². The molecule has 4 aromatic rings. The van der Waals surface area contributed by atoms with Gasteiger partial charge in [-0.1, -0.05) is 41.9 Å². The zero-order valence-electron chi connectivity index (χ0n) is 18.8. The Hall–Kier alpha value is -3.88. The number of fused-ring (bicyclic) bond motifs is 1. The first-order valence-corrected chi connectivity index (χ1v) is 11.6. The summed E-state index contributed by atoms with van der Waals surface area (Å²) in [4.78, 5) is 24.3. The predicted molar refractivity (Wildman–Crippen MR) is 135 cm³/mol. The molecule has 0 unspecified atom stereocenters. The van der Waals surface area contributed by atoms with Crippen LogP contribution in [0.1, 0.15) is 0 Å². The van der Waals surface area contributed by atoms with Crippen LogP contribution in [0.4, 0.5) is 11.5 Å². The number of carbonyl (C=O) groups excluding carboxylic acids is 1. The van der Waals surface area contributed by atoms with Gasteiger partial charge >= 0.3 is 0 Å². The molecule has 5 rings (SSSR count). The summed E-state index contributed by atoms with van der Waals surface area (Å²) in [5.41, 5.74) is 1.88. The molecule has 35 heavy (non-hydrogen) atoms. The Kier molecular flexibility index (Phi) is 6.92. The highest BCUT2D eigenvalue weighted by molar-refractivity contribution is 6.31. The van der Waals surface area contributed by atoms with Crippen molar-refractivity contribution in [1.29, 1.82) is 0 Å². The number of ether oxygens (including phenoxy) is 3. The van der Waals surface area contributed by atoms with Gasteiger partial charge in [0.05, 0.1) is 29.9 Å². The lowest BCUT2D eigenvalue weighted by Gasteiger charge is -2.28. The fraction of sp³-hybridized carbons (Fsp3) is 0.192. The lowest BCUT2D eigenvalue weighted by atomic mass is 10.2. The van der Waals surface area contributed by atoms with E-state index >= 15 is 0 Å². The van der Waals surface area contributed by atoms with Crippen LogP contribution in [0.5, 0.6) is 17.4 Å². The first-order valence-electron chi connectivity index (χ1n) is 11.2. The molecule has 1 saturated heterocycles. The van der Waals surface area contributed by atoms with Gasteiger partial charge in [-0.15, -0.1) is 0 Å². The minimum absolute atomic E-state index is 0.262. The standard InChI is InChI=1S/C26H23ClN4O4/c27-18-10-11-23(35-19-6-2-1-3-7-19)22(16-18)28-24(32)17-34-26-25(31-12-14-33-15-13-31)29-20-8-4-5-9-21(20)30-26/h1-11,16H,12-15,17H2,(H,28,32). The third-order valence-electron chi connectivity index (χ3n) is 5.36. The summed E-state index contributed by atoms with van der Waals surface area (Å²) >= 11 is 6.17. The van der Waals surface area contributed by atoms with Crippen LogP contribution < -0.4 is 19.7 Å². The molecule has 0 spiro atoms. The number of aromatic nitrogens is 2. The van der Waals surface area contributed by atoms with Gasteiger partial charge in [-0.25, -0.2) is 9.97 Å². The van der Waals surface area contributed by atoms with Crippen molar-refractivity contribution < 1.29 is 19.0 Å². The third-order valence-corrected chi connectivity index (χ3v) is 5.59. The lowest BCUT2D eigenvalue weighted by molar-refractivity contribution is -0.118. The van der Waals surface area contributed by atoms with E-state index in [4.69, 9.17) is 30.8 Å². The van der Waals surface area contributed by atoms with Gasteiger partial charge in [-0.05, 0) is 42.5 Å². The van der Waals surface area contributed by atoms with Gasteiger partial charge in [0.1, 0.15) is 5.75 Å². The normalized spacial score (nSPS) is 13.5. The molecular formula is C26H23ClN4O4. The maximum absolute atomic E-state index is 12.8. The van der Waals surface area contributed by atoms with Crippen molar-refractivity contribution in [2.24, 2.45) is 0 Å². The van der Waals surface area contributed by atoms with Crippen molar-refractivity contribution in [2.75, 3.05) is 43.1 Å². The molecule has 1 aromatic heterocycles. The van der Waals surface area contributed by atoms with Gasteiger partial charge in [-0.2, -0.15) is 0 Å². The third kappa shape index (κ3) is 5.62. The second-order valence-electron chi connectivity index (χ2n) is 7.83. The number of halogens is 1. The van der Waals surface area contributed by atoms with Crippen molar-refractivity contribution in [3.8, 4) is 17.4 Å². The number of nitrogens with one attached hydrogen (secondary N) is 1. The first kappa shape index (κ1) is 22.9. The summed E-state index contributed by atoms with van der Waals surface area (Å²) in [6, 6.07) is 21.9. The zero-order chi connectivity index (χ0) is 24.0. The minimum atomic E-state index is -0.381. The van der Waals surface area contributed by atoms with E-state index in [2.05, 4.69) is 15.2 Å². The molecule has 1 amide bonds. The summed E-state index contributed by atoms with van der Waals surface area (Å²) in [5, 5.41) is 3.29. The molecule has 0 atom stereocenters. The largest absolute Gasteiger partial charge is 0.465 e. The van der Waals surface area contributed by atoms with Crippen LogP contribution in [0.15, 0.2) is 72.8 Å². The van der Waals surface area contributed by atoms with Crippen molar-refractivity contribution >= 4 is 40.0 Å². The Balaban J connectivity index is 1.33. The van der Waals surface area contributed by atoms with E-state index in [-0.39, 0.29) is 12.5 Å². The summed E-state index contributed by atoms with van der Waals surface area (Å²) in [7, 11) is 0. The van der Waals surface area contributed by atoms with Gasteiger partial charge in [0, 0.05) is 18.1 Å². The molecule has 1 fully saturated rings. The minimum Gasteiger partial charge on any atom is -0.465 e. The van der Waals surface area contributed by atoms with Crippen molar-refractivity contribution in [3.63, 3.8) is 0 Å². The van der Waals surface area contributed by atoms with Crippen molar-refractivity contribution in [1.82, 2.24) is 9.97 Å². The maximum atomic E-state index is 12.8. The number of para-hydroxylation sites is 3. The van der Waals surface area contributed by atoms with E-state index in [0.717, 1.165) is 5.52 Å². The molecule has 9 heteroatoms. The number of carbonyl (C=O) groups is 1. The fourth-order valence-electron chi connectivity index (χ4n) is 3.68. The number of benzene rings is 3. The Morgan fingerprint density at radius 1 is 0.971 bits per heavy atom. The molecule has 1 aliphatic heterocycles. The summed E-state index contributed by atoms with van der Waals surface area (Å²) in [6.07, 6.45) is 0. The fourth-order valence-corrected chi connectivity index (χ4v) is 3.85. The second kappa shape index (κ2) is 10.6. The molecule has 8 nitrogen and oxygen atoms in total. The van der Waals surface area contributed by atoms with E-state index in [1.54, 1.807) is 18.2 Å². The number of anilines is 2. The molecule has 1 N–H and O–H groups in total. The Morgan fingerprint density at radius 2 is 1.69 bits per heavy atom. The van der Waals surface area contributed by atoms with E-state index in [1.165, 1.54) is 0 Å². The van der Waals surface area contributed by atoms with Crippen LogP contribution in [-0.4, -0.2) is 48.8 Å². The number of rotatable bonds is 7. The summed E-state index contributed by atoms with van der Waals surface area (Å²) in [5.74, 6) is 1.62. The van der Waals surface area contributed by atoms with Crippen molar-refractivity contribution in [3.05, 3.63) is 77.8 Å². The number of amides is 1. The lowest BCUT2D eigenvalue weighted by Crippen LogP contribution is -2.37. The summed E-state index contributed by atoms with van der Waals surface area (Å²) < 4.78 is 17.3. The van der Waals surface area contributed by atoms with Gasteiger partial charge in [-0.3, -0.25) is 4.79 Å². The Labute approximate surface area is 207 Å². The van der Waals surface area contributed by atoms with Gasteiger partial charge in [0.2, 0.25) is 0 Å². The van der Waals surface area contributed by atoms with E-state index in [9.17, 15) is 4.79 Å². The van der Waals surface area contributed by atoms with Crippen LogP contribution in [0.3, 0.4) is 0 Å². The average Bonchev–Trinajstić information content (AvgIpc) is 2.89. The number of nitrogens with zero attached hydrogens (tertiary/aromatic N) is 3. The SMILES string of the molecule is O=C(COc1nc2ccccc2nc1N1CCOCC1)Nc1cc(Cl)ccc1Oc1ccccc1. The van der Waals surface area contributed by atoms with Crippen LogP contribution in [0, 0.1) is 0 Å². The van der Waals surface area contributed by atoms with E-state index in [1.807, 2.05) is 54.6 Å². The van der Waals surface area contributed by atoms with Gasteiger partial charge in [0.25, 0.3) is 11.8 Å². The molecule has 0 aliphatic carbocycles. The topological polar surface area (TPSA) is 85.8 Å². The van der Waals surface area contributed by atoms with Crippen LogP contribution in [0.25, 0.3) is 11.0 Å². The molecule has 1 aliphatic rings. The Morgan fingerprint density at radius 3 is 2.46 bits per heavy atom. The number of hydrogen-bond acceptors (Lipinski definition) is 7. The van der Waals surface area contributed by atoms with E-state index in [0.29, 0.717) is 65.7 Å². The van der Waals surface area contributed by atoms with Gasteiger partial charge in [0.15, 0.2) is 18.2 Å². The second-order valence-corrected chi connectivity index (χ2v) is 8.27. The Bertz CT molecular complexity index is 1330. The highest BCUT2D eigenvalue weighted by Gasteiger charge is 2.21. The average molecular weight is 491 g/mol. The molecule has 178 valence electrons. The van der Waals surface area contributed by atoms with Crippen LogP contribution in [-0.2, 0) is 9.53 Å². The quantitative estimate of drug-likeness (QED) is 0.393. The monoisotopic (exact) mass is 490 g/mol. The molecule has 0 radical (unpaired) electrons. The highest BCUT2D eigenvalue weighted by atomic mass is 35.5.